The molecule has 30 heavy (non-hydrogen) atoms. The Morgan fingerprint density at radius 2 is 1.93 bits per heavy atom. The van der Waals surface area contributed by atoms with Crippen LogP contribution in [0.4, 0.5) is 5.82 Å². The number of hydrogen-bond donors (Lipinski definition) is 0. The Kier molecular flexibility index (Phi) is 6.21. The molecule has 3 heterocycles. The van der Waals surface area contributed by atoms with Crippen LogP contribution in [0.5, 0.6) is 0 Å². The lowest BCUT2D eigenvalue weighted by molar-refractivity contribution is -0.129. The van der Waals surface area contributed by atoms with Gasteiger partial charge in [-0.15, -0.1) is 0 Å². The first-order chi connectivity index (χ1) is 14.5. The van der Waals surface area contributed by atoms with Crippen LogP contribution in [0.3, 0.4) is 0 Å². The number of benzene rings is 1. The van der Waals surface area contributed by atoms with E-state index in [0.29, 0.717) is 19.5 Å². The lowest BCUT2D eigenvalue weighted by atomic mass is 10.1. The number of likely N-dealkylation sites (tertiary alicyclic amines) is 1. The van der Waals surface area contributed by atoms with Crippen LogP contribution in [0, 0.1) is 6.92 Å². The number of carbonyl (C=O) groups excluding carboxylic acids is 2. The molecule has 0 spiro atoms. The van der Waals surface area contributed by atoms with Gasteiger partial charge in [-0.25, -0.2) is 4.98 Å². The molecular formula is C24H32N4O2. The van der Waals surface area contributed by atoms with Crippen molar-refractivity contribution >= 4 is 28.5 Å². The van der Waals surface area contributed by atoms with Crippen LogP contribution < -0.4 is 4.90 Å². The van der Waals surface area contributed by atoms with E-state index < -0.39 is 0 Å². The van der Waals surface area contributed by atoms with Gasteiger partial charge >= 0.3 is 0 Å². The van der Waals surface area contributed by atoms with Crippen LogP contribution in [-0.2, 0) is 16.1 Å². The number of fused-ring (bicyclic) bond motifs is 1. The van der Waals surface area contributed by atoms with Gasteiger partial charge in [-0.1, -0.05) is 11.6 Å². The minimum absolute atomic E-state index is 0.0689. The number of rotatable bonds is 7. The third kappa shape index (κ3) is 4.58. The van der Waals surface area contributed by atoms with Crippen molar-refractivity contribution in [2.24, 2.45) is 0 Å². The normalized spacial score (nSPS) is 16.7. The predicted octanol–water partition coefficient (Wildman–Crippen LogP) is 3.50. The average molecular weight is 409 g/mol. The molecule has 0 radical (unpaired) electrons. The zero-order valence-electron chi connectivity index (χ0n) is 18.2. The van der Waals surface area contributed by atoms with Gasteiger partial charge < -0.3 is 14.7 Å². The number of aromatic nitrogens is 1. The molecule has 0 unspecified atom stereocenters. The lowest BCUT2D eigenvalue weighted by Crippen LogP contribution is -2.33. The fourth-order valence-corrected chi connectivity index (χ4v) is 4.59. The molecule has 2 fully saturated rings. The summed E-state index contributed by atoms with van der Waals surface area (Å²) in [4.78, 5) is 35.4. The molecular weight excluding hydrogens is 376 g/mol. The second-order valence-corrected chi connectivity index (χ2v) is 8.64. The largest absolute Gasteiger partial charge is 0.356 e. The van der Waals surface area contributed by atoms with E-state index in [1.165, 1.54) is 18.4 Å². The monoisotopic (exact) mass is 408 g/mol. The van der Waals surface area contributed by atoms with Crippen molar-refractivity contribution in [2.45, 2.75) is 52.5 Å². The summed E-state index contributed by atoms with van der Waals surface area (Å²) < 4.78 is 0. The van der Waals surface area contributed by atoms with Gasteiger partial charge in [0.05, 0.1) is 5.52 Å². The molecule has 0 bridgehead atoms. The zero-order valence-corrected chi connectivity index (χ0v) is 18.2. The Morgan fingerprint density at radius 3 is 2.63 bits per heavy atom. The maximum Gasteiger partial charge on any atom is 0.222 e. The summed E-state index contributed by atoms with van der Waals surface area (Å²) in [6.07, 6.45) is 4.81. The maximum atomic E-state index is 12.4. The van der Waals surface area contributed by atoms with Crippen LogP contribution in [0.2, 0.25) is 0 Å². The molecule has 1 aromatic heterocycles. The third-order valence-electron chi connectivity index (χ3n) is 6.27. The highest BCUT2D eigenvalue weighted by atomic mass is 16.2. The number of carbonyl (C=O) groups is 2. The molecule has 2 aromatic rings. The van der Waals surface area contributed by atoms with E-state index in [-0.39, 0.29) is 11.8 Å². The number of amides is 2. The Morgan fingerprint density at radius 1 is 1.13 bits per heavy atom. The topological polar surface area (TPSA) is 56.8 Å². The Balaban J connectivity index is 1.54. The molecule has 0 aliphatic carbocycles. The highest BCUT2D eigenvalue weighted by Crippen LogP contribution is 2.28. The molecule has 1 aromatic carbocycles. The molecule has 0 atom stereocenters. The van der Waals surface area contributed by atoms with Crippen LogP contribution in [0.25, 0.3) is 10.9 Å². The first kappa shape index (κ1) is 20.6. The minimum atomic E-state index is 0.0689. The Bertz CT molecular complexity index is 936. The fraction of sp³-hybridized carbons (Fsp3) is 0.542. The quantitative estimate of drug-likeness (QED) is 0.704. The van der Waals surface area contributed by atoms with E-state index in [9.17, 15) is 9.59 Å². The fourth-order valence-electron chi connectivity index (χ4n) is 4.59. The summed E-state index contributed by atoms with van der Waals surface area (Å²) in [7, 11) is 0. The lowest BCUT2D eigenvalue weighted by Gasteiger charge is -2.26. The average Bonchev–Trinajstić information content (AvgIpc) is 3.38. The van der Waals surface area contributed by atoms with E-state index in [2.05, 4.69) is 36.1 Å². The first-order valence-corrected chi connectivity index (χ1v) is 11.2. The smallest absolute Gasteiger partial charge is 0.222 e. The zero-order chi connectivity index (χ0) is 21.1. The van der Waals surface area contributed by atoms with E-state index in [0.717, 1.165) is 61.3 Å². The molecule has 0 saturated carbocycles. The molecule has 160 valence electrons. The van der Waals surface area contributed by atoms with Crippen LogP contribution in [0.1, 0.15) is 50.2 Å². The molecule has 2 aliphatic rings. The molecule has 0 N–H and O–H groups in total. The van der Waals surface area contributed by atoms with Crippen LogP contribution in [-0.4, -0.2) is 59.3 Å². The van der Waals surface area contributed by atoms with Crippen molar-refractivity contribution in [3.8, 4) is 0 Å². The van der Waals surface area contributed by atoms with Gasteiger partial charge in [-0.2, -0.15) is 0 Å². The number of nitrogens with zero attached hydrogens (tertiary/aromatic N) is 4. The predicted molar refractivity (Wildman–Crippen MR) is 119 cm³/mol. The number of pyridine rings is 1. The second-order valence-electron chi connectivity index (χ2n) is 8.64. The van der Waals surface area contributed by atoms with E-state index >= 15 is 0 Å². The van der Waals surface area contributed by atoms with E-state index in [1.54, 1.807) is 6.92 Å². The summed E-state index contributed by atoms with van der Waals surface area (Å²) in [5.74, 6) is 1.33. The van der Waals surface area contributed by atoms with Crippen molar-refractivity contribution in [3.63, 3.8) is 0 Å². The Hall–Kier alpha value is -2.63. The third-order valence-corrected chi connectivity index (χ3v) is 6.27. The summed E-state index contributed by atoms with van der Waals surface area (Å²) >= 11 is 0. The van der Waals surface area contributed by atoms with Gasteiger partial charge in [0.15, 0.2) is 0 Å². The van der Waals surface area contributed by atoms with Crippen molar-refractivity contribution in [2.75, 3.05) is 37.6 Å². The summed E-state index contributed by atoms with van der Waals surface area (Å²) in [5.41, 5.74) is 3.33. The standard InChI is InChI=1S/C24H32N4O2/c1-18-8-9-22-20(15-18)16-21(24(25-22)27-10-3-4-11-27)17-28(19(2)29)14-6-13-26-12-5-7-23(26)30/h8-9,15-16H,3-7,10-14,17H2,1-2H3. The highest BCUT2D eigenvalue weighted by Gasteiger charge is 2.22. The minimum Gasteiger partial charge on any atom is -0.356 e. The maximum absolute atomic E-state index is 12.4. The number of hydrogen-bond acceptors (Lipinski definition) is 4. The number of aryl methyl sites for hydroxylation is 1. The summed E-state index contributed by atoms with van der Waals surface area (Å²) in [6.45, 7) is 8.58. The van der Waals surface area contributed by atoms with E-state index in [1.807, 2.05) is 9.80 Å². The van der Waals surface area contributed by atoms with Crippen molar-refractivity contribution in [1.29, 1.82) is 0 Å². The van der Waals surface area contributed by atoms with E-state index in [4.69, 9.17) is 4.98 Å². The van der Waals surface area contributed by atoms with Gasteiger partial charge in [-0.3, -0.25) is 9.59 Å². The van der Waals surface area contributed by atoms with Crippen molar-refractivity contribution < 1.29 is 9.59 Å². The van der Waals surface area contributed by atoms with Crippen molar-refractivity contribution in [1.82, 2.24) is 14.8 Å². The number of anilines is 1. The van der Waals surface area contributed by atoms with Gasteiger partial charge in [0, 0.05) is 63.6 Å². The Labute approximate surface area is 178 Å². The molecule has 2 amide bonds. The first-order valence-electron chi connectivity index (χ1n) is 11.2. The van der Waals surface area contributed by atoms with Crippen molar-refractivity contribution in [3.05, 3.63) is 35.4 Å². The van der Waals surface area contributed by atoms with Crippen LogP contribution in [0.15, 0.2) is 24.3 Å². The van der Waals surface area contributed by atoms with Gasteiger partial charge in [0.25, 0.3) is 0 Å². The SMILES string of the molecule is CC(=O)N(CCCN1CCCC1=O)Cc1cc2cc(C)ccc2nc1N1CCCC1. The molecule has 4 rings (SSSR count). The summed E-state index contributed by atoms with van der Waals surface area (Å²) in [5, 5.41) is 1.12. The molecule has 6 nitrogen and oxygen atoms in total. The molecule has 6 heteroatoms. The van der Waals surface area contributed by atoms with Gasteiger partial charge in [0.1, 0.15) is 5.82 Å². The van der Waals surface area contributed by atoms with Gasteiger partial charge in [0.2, 0.25) is 11.8 Å². The summed E-state index contributed by atoms with van der Waals surface area (Å²) in [6, 6.07) is 8.56. The van der Waals surface area contributed by atoms with Crippen LogP contribution >= 0.6 is 0 Å². The highest BCUT2D eigenvalue weighted by molar-refractivity contribution is 5.83. The molecule has 2 aliphatic heterocycles. The second kappa shape index (κ2) is 9.02. The van der Waals surface area contributed by atoms with Gasteiger partial charge in [-0.05, 0) is 50.8 Å². The molecule has 2 saturated heterocycles.